The molecule has 0 aliphatic carbocycles. The lowest BCUT2D eigenvalue weighted by molar-refractivity contribution is -0.123. The number of hydrogen-bond donors (Lipinski definition) is 2. The SMILES string of the molecule is Cc1ccc(C)c(C(NC(=O)CN(C)C2CCNCC2)c2cccnc2)c1. The number of piperidine rings is 1. The van der Waals surface area contributed by atoms with Gasteiger partial charge in [0.25, 0.3) is 0 Å². The van der Waals surface area contributed by atoms with Gasteiger partial charge in [-0.2, -0.15) is 0 Å². The summed E-state index contributed by atoms with van der Waals surface area (Å²) >= 11 is 0. The Kier molecular flexibility index (Phi) is 6.58. The van der Waals surface area contributed by atoms with E-state index >= 15 is 0 Å². The van der Waals surface area contributed by atoms with E-state index in [-0.39, 0.29) is 11.9 Å². The highest BCUT2D eigenvalue weighted by Crippen LogP contribution is 2.25. The van der Waals surface area contributed by atoms with E-state index in [0.29, 0.717) is 12.6 Å². The molecule has 3 rings (SSSR count). The third kappa shape index (κ3) is 5.15. The lowest BCUT2D eigenvalue weighted by Gasteiger charge is -2.31. The average molecular weight is 367 g/mol. The third-order valence-electron chi connectivity index (χ3n) is 5.39. The molecule has 0 spiro atoms. The van der Waals surface area contributed by atoms with E-state index in [0.717, 1.165) is 37.1 Å². The number of benzene rings is 1. The van der Waals surface area contributed by atoms with Crippen LogP contribution in [0.15, 0.2) is 42.7 Å². The quantitative estimate of drug-likeness (QED) is 0.825. The molecule has 1 fully saturated rings. The predicted octanol–water partition coefficient (Wildman–Crippen LogP) is 2.59. The zero-order chi connectivity index (χ0) is 19.2. The molecule has 5 heteroatoms. The summed E-state index contributed by atoms with van der Waals surface area (Å²) in [6.07, 6.45) is 5.78. The first-order valence-electron chi connectivity index (χ1n) is 9.72. The summed E-state index contributed by atoms with van der Waals surface area (Å²) in [4.78, 5) is 19.3. The Morgan fingerprint density at radius 1 is 1.30 bits per heavy atom. The summed E-state index contributed by atoms with van der Waals surface area (Å²) in [7, 11) is 2.05. The smallest absolute Gasteiger partial charge is 0.234 e. The molecule has 2 heterocycles. The number of aromatic nitrogens is 1. The third-order valence-corrected chi connectivity index (χ3v) is 5.39. The maximum Gasteiger partial charge on any atom is 0.234 e. The number of pyridine rings is 1. The Hall–Kier alpha value is -2.24. The fraction of sp³-hybridized carbons (Fsp3) is 0.455. The molecule has 0 radical (unpaired) electrons. The van der Waals surface area contributed by atoms with Gasteiger partial charge in [-0.15, -0.1) is 0 Å². The number of hydrogen-bond acceptors (Lipinski definition) is 4. The normalized spacial score (nSPS) is 16.3. The van der Waals surface area contributed by atoms with Crippen LogP contribution in [0.5, 0.6) is 0 Å². The standard InChI is InChI=1S/C22H30N4O/c1-16-6-7-17(2)20(13-16)22(18-5-4-10-24-14-18)25-21(27)15-26(3)19-8-11-23-12-9-19/h4-7,10,13-14,19,22-23H,8-9,11-12,15H2,1-3H3,(H,25,27). The van der Waals surface area contributed by atoms with Crippen LogP contribution in [0.2, 0.25) is 0 Å². The van der Waals surface area contributed by atoms with Gasteiger partial charge in [0.2, 0.25) is 5.91 Å². The highest BCUT2D eigenvalue weighted by Gasteiger charge is 2.23. The lowest BCUT2D eigenvalue weighted by atomic mass is 9.94. The van der Waals surface area contributed by atoms with Crippen LogP contribution in [0.1, 0.15) is 41.1 Å². The van der Waals surface area contributed by atoms with Gasteiger partial charge in [-0.05, 0) is 69.6 Å². The van der Waals surface area contributed by atoms with Crippen molar-refractivity contribution in [1.29, 1.82) is 0 Å². The van der Waals surface area contributed by atoms with E-state index in [9.17, 15) is 4.79 Å². The van der Waals surface area contributed by atoms with E-state index in [4.69, 9.17) is 0 Å². The van der Waals surface area contributed by atoms with Gasteiger partial charge in [-0.1, -0.05) is 29.8 Å². The van der Waals surface area contributed by atoms with Gasteiger partial charge in [0.05, 0.1) is 12.6 Å². The molecule has 1 unspecified atom stereocenters. The lowest BCUT2D eigenvalue weighted by Crippen LogP contribution is -2.46. The minimum atomic E-state index is -0.187. The molecule has 1 aromatic carbocycles. The van der Waals surface area contributed by atoms with E-state index in [1.165, 1.54) is 11.1 Å². The molecule has 5 nitrogen and oxygen atoms in total. The fourth-order valence-corrected chi connectivity index (χ4v) is 3.77. The number of aryl methyl sites for hydroxylation is 2. The number of carbonyl (C=O) groups is 1. The van der Waals surface area contributed by atoms with E-state index in [1.54, 1.807) is 6.20 Å². The van der Waals surface area contributed by atoms with Gasteiger partial charge < -0.3 is 10.6 Å². The van der Waals surface area contributed by atoms with Gasteiger partial charge in [0.1, 0.15) is 0 Å². The van der Waals surface area contributed by atoms with Crippen LogP contribution in [0.4, 0.5) is 0 Å². The highest BCUT2D eigenvalue weighted by molar-refractivity contribution is 5.79. The number of amides is 1. The summed E-state index contributed by atoms with van der Waals surface area (Å²) in [6.45, 7) is 6.63. The van der Waals surface area contributed by atoms with E-state index < -0.39 is 0 Å². The van der Waals surface area contributed by atoms with Crippen LogP contribution < -0.4 is 10.6 Å². The second kappa shape index (κ2) is 9.11. The average Bonchev–Trinajstić information content (AvgIpc) is 2.69. The molecule has 1 saturated heterocycles. The van der Waals surface area contributed by atoms with Crippen molar-refractivity contribution >= 4 is 5.91 Å². The molecule has 2 N–H and O–H groups in total. The monoisotopic (exact) mass is 366 g/mol. The largest absolute Gasteiger partial charge is 0.344 e. The van der Waals surface area contributed by atoms with Gasteiger partial charge in [0, 0.05) is 18.4 Å². The van der Waals surface area contributed by atoms with Gasteiger partial charge in [-0.25, -0.2) is 0 Å². The van der Waals surface area contributed by atoms with Gasteiger partial charge >= 0.3 is 0 Å². The number of nitrogens with zero attached hydrogens (tertiary/aromatic N) is 2. The van der Waals surface area contributed by atoms with Crippen molar-refractivity contribution < 1.29 is 4.79 Å². The fourth-order valence-electron chi connectivity index (χ4n) is 3.77. The number of rotatable bonds is 6. The Morgan fingerprint density at radius 3 is 2.78 bits per heavy atom. The van der Waals surface area contributed by atoms with Crippen molar-refractivity contribution in [2.24, 2.45) is 0 Å². The van der Waals surface area contributed by atoms with E-state index in [1.807, 2.05) is 25.4 Å². The van der Waals surface area contributed by atoms with Crippen LogP contribution in [0.25, 0.3) is 0 Å². The van der Waals surface area contributed by atoms with Gasteiger partial charge in [0.15, 0.2) is 0 Å². The first-order chi connectivity index (χ1) is 13.0. The summed E-state index contributed by atoms with van der Waals surface area (Å²) in [5, 5.41) is 6.63. The van der Waals surface area contributed by atoms with Crippen molar-refractivity contribution in [2.75, 3.05) is 26.7 Å². The van der Waals surface area contributed by atoms with Crippen LogP contribution in [-0.4, -0.2) is 48.5 Å². The summed E-state index contributed by atoms with van der Waals surface area (Å²) in [5.41, 5.74) is 4.48. The Morgan fingerprint density at radius 2 is 2.07 bits per heavy atom. The molecule has 2 aromatic rings. The van der Waals surface area contributed by atoms with Crippen LogP contribution in [0, 0.1) is 13.8 Å². The zero-order valence-electron chi connectivity index (χ0n) is 16.5. The minimum absolute atomic E-state index is 0.0470. The van der Waals surface area contributed by atoms with Crippen molar-refractivity contribution in [3.8, 4) is 0 Å². The molecule has 1 aliphatic rings. The molecule has 1 aliphatic heterocycles. The molecule has 1 atom stereocenters. The maximum absolute atomic E-state index is 12.9. The molecule has 27 heavy (non-hydrogen) atoms. The summed E-state index contributed by atoms with van der Waals surface area (Å²) < 4.78 is 0. The Labute approximate surface area is 162 Å². The van der Waals surface area contributed by atoms with E-state index in [2.05, 4.69) is 52.6 Å². The molecule has 0 saturated carbocycles. The Bertz CT molecular complexity index is 756. The van der Waals surface area contributed by atoms with Crippen molar-refractivity contribution in [1.82, 2.24) is 20.5 Å². The topological polar surface area (TPSA) is 57.3 Å². The predicted molar refractivity (Wildman–Crippen MR) is 109 cm³/mol. The molecule has 1 aromatic heterocycles. The molecule has 1 amide bonds. The minimum Gasteiger partial charge on any atom is -0.344 e. The summed E-state index contributed by atoms with van der Waals surface area (Å²) in [6, 6.07) is 10.6. The van der Waals surface area contributed by atoms with Crippen molar-refractivity contribution in [3.63, 3.8) is 0 Å². The number of likely N-dealkylation sites (N-methyl/N-ethyl adjacent to an activating group) is 1. The Balaban J connectivity index is 1.77. The number of nitrogens with one attached hydrogen (secondary N) is 2. The first-order valence-corrected chi connectivity index (χ1v) is 9.72. The van der Waals surface area contributed by atoms with Crippen LogP contribution in [0.3, 0.4) is 0 Å². The summed E-state index contributed by atoms with van der Waals surface area (Å²) in [5.74, 6) is 0.0470. The maximum atomic E-state index is 12.9. The van der Waals surface area contributed by atoms with Gasteiger partial charge in [-0.3, -0.25) is 14.7 Å². The second-order valence-electron chi connectivity index (χ2n) is 7.54. The second-order valence-corrected chi connectivity index (χ2v) is 7.54. The zero-order valence-corrected chi connectivity index (χ0v) is 16.5. The highest BCUT2D eigenvalue weighted by atomic mass is 16.2. The molecular weight excluding hydrogens is 336 g/mol. The first kappa shape index (κ1) is 19.5. The molecule has 144 valence electrons. The van der Waals surface area contributed by atoms with Crippen molar-refractivity contribution in [3.05, 3.63) is 65.0 Å². The molecule has 0 bridgehead atoms. The molecular formula is C22H30N4O. The van der Waals surface area contributed by atoms with Crippen molar-refractivity contribution in [2.45, 2.75) is 38.8 Å². The van der Waals surface area contributed by atoms with Crippen LogP contribution in [-0.2, 0) is 4.79 Å². The number of carbonyl (C=O) groups excluding carboxylic acids is 1. The van der Waals surface area contributed by atoms with Crippen LogP contribution >= 0.6 is 0 Å².